The highest BCUT2D eigenvalue weighted by molar-refractivity contribution is 6.03. The molecule has 29 heavy (non-hydrogen) atoms. The van der Waals surface area contributed by atoms with Crippen LogP contribution in [-0.2, 0) is 4.74 Å². The van der Waals surface area contributed by atoms with Gasteiger partial charge in [-0.15, -0.1) is 0 Å². The van der Waals surface area contributed by atoms with Crippen molar-refractivity contribution in [2.45, 2.75) is 33.3 Å². The molecule has 0 fully saturated rings. The zero-order chi connectivity index (χ0) is 21.0. The van der Waals surface area contributed by atoms with Gasteiger partial charge in [0.25, 0.3) is 5.91 Å². The second kappa shape index (κ2) is 8.18. The third-order valence-corrected chi connectivity index (χ3v) is 3.91. The average molecular weight is 392 g/mol. The standard InChI is InChI=1S/C22H24N4O3/c1-15-14-19(25-26(15)18-8-6-5-7-9-18)20(27)23-16-10-12-17(13-11-16)24-21(28)29-22(2,3)4/h5-14H,1-4H3,(H,23,27)(H,24,28). The highest BCUT2D eigenvalue weighted by Gasteiger charge is 2.16. The Morgan fingerprint density at radius 3 is 2.10 bits per heavy atom. The lowest BCUT2D eigenvalue weighted by atomic mass is 10.2. The predicted octanol–water partition coefficient (Wildman–Crippen LogP) is 4.78. The van der Waals surface area contributed by atoms with Gasteiger partial charge in [0.15, 0.2) is 5.69 Å². The molecule has 0 aliphatic heterocycles. The number of nitrogens with zero attached hydrogens (tertiary/aromatic N) is 2. The number of aryl methyl sites for hydroxylation is 1. The van der Waals surface area contributed by atoms with E-state index in [1.807, 2.05) is 37.3 Å². The van der Waals surface area contributed by atoms with Crippen LogP contribution < -0.4 is 10.6 Å². The Bertz CT molecular complexity index is 1000. The van der Waals surface area contributed by atoms with Gasteiger partial charge >= 0.3 is 6.09 Å². The molecule has 0 radical (unpaired) electrons. The molecule has 2 aromatic carbocycles. The molecule has 0 saturated heterocycles. The van der Waals surface area contributed by atoms with Crippen molar-refractivity contribution in [2.24, 2.45) is 0 Å². The number of hydrogen-bond donors (Lipinski definition) is 2. The van der Waals surface area contributed by atoms with Crippen molar-refractivity contribution in [1.82, 2.24) is 9.78 Å². The molecule has 0 saturated carbocycles. The largest absolute Gasteiger partial charge is 0.444 e. The van der Waals surface area contributed by atoms with Crippen molar-refractivity contribution in [3.05, 3.63) is 72.1 Å². The molecular weight excluding hydrogens is 368 g/mol. The normalized spacial score (nSPS) is 11.0. The maximum absolute atomic E-state index is 12.6. The molecule has 7 heteroatoms. The third kappa shape index (κ3) is 5.44. The number of hydrogen-bond acceptors (Lipinski definition) is 4. The number of ether oxygens (including phenoxy) is 1. The molecule has 0 spiro atoms. The van der Waals surface area contributed by atoms with E-state index in [0.717, 1.165) is 11.4 Å². The van der Waals surface area contributed by atoms with Crippen molar-refractivity contribution >= 4 is 23.4 Å². The van der Waals surface area contributed by atoms with Crippen LogP contribution in [0.4, 0.5) is 16.2 Å². The molecule has 7 nitrogen and oxygen atoms in total. The maximum Gasteiger partial charge on any atom is 0.412 e. The van der Waals surface area contributed by atoms with E-state index in [2.05, 4.69) is 15.7 Å². The molecular formula is C22H24N4O3. The number of rotatable bonds is 4. The highest BCUT2D eigenvalue weighted by Crippen LogP contribution is 2.17. The Morgan fingerprint density at radius 1 is 0.931 bits per heavy atom. The first-order valence-electron chi connectivity index (χ1n) is 9.25. The Balaban J connectivity index is 1.65. The van der Waals surface area contributed by atoms with Gasteiger partial charge in [-0.3, -0.25) is 10.1 Å². The Labute approximate surface area is 169 Å². The maximum atomic E-state index is 12.6. The minimum Gasteiger partial charge on any atom is -0.444 e. The number of anilines is 2. The van der Waals surface area contributed by atoms with Crippen LogP contribution in [0.3, 0.4) is 0 Å². The van der Waals surface area contributed by atoms with Gasteiger partial charge in [-0.1, -0.05) is 18.2 Å². The van der Waals surface area contributed by atoms with Crippen LogP contribution in [-0.4, -0.2) is 27.4 Å². The predicted molar refractivity (Wildman–Crippen MR) is 113 cm³/mol. The molecule has 0 bridgehead atoms. The van der Waals surface area contributed by atoms with E-state index in [9.17, 15) is 9.59 Å². The van der Waals surface area contributed by atoms with Crippen LogP contribution in [0.25, 0.3) is 5.69 Å². The van der Waals surface area contributed by atoms with Gasteiger partial charge in [-0.2, -0.15) is 5.10 Å². The average Bonchev–Trinajstić information content (AvgIpc) is 3.04. The minimum absolute atomic E-state index is 0.310. The molecule has 1 heterocycles. The van der Waals surface area contributed by atoms with Gasteiger partial charge in [-0.05, 0) is 70.2 Å². The summed E-state index contributed by atoms with van der Waals surface area (Å²) in [6.45, 7) is 7.29. The SMILES string of the molecule is Cc1cc(C(=O)Nc2ccc(NC(=O)OC(C)(C)C)cc2)nn1-c1ccccc1. The second-order valence-corrected chi connectivity index (χ2v) is 7.58. The fourth-order valence-corrected chi connectivity index (χ4v) is 2.67. The summed E-state index contributed by atoms with van der Waals surface area (Å²) in [5.74, 6) is -0.310. The molecule has 0 atom stereocenters. The summed E-state index contributed by atoms with van der Waals surface area (Å²) >= 11 is 0. The summed E-state index contributed by atoms with van der Waals surface area (Å²) in [7, 11) is 0. The van der Waals surface area contributed by atoms with Gasteiger partial charge in [0.1, 0.15) is 5.60 Å². The zero-order valence-electron chi connectivity index (χ0n) is 16.9. The van der Waals surface area contributed by atoms with Crippen LogP contribution >= 0.6 is 0 Å². The summed E-state index contributed by atoms with van der Waals surface area (Å²) in [6.07, 6.45) is -0.531. The van der Waals surface area contributed by atoms with Gasteiger partial charge in [0, 0.05) is 17.1 Å². The third-order valence-electron chi connectivity index (χ3n) is 3.91. The van der Waals surface area contributed by atoms with E-state index in [1.165, 1.54) is 0 Å². The van der Waals surface area contributed by atoms with Gasteiger partial charge in [0.05, 0.1) is 5.69 Å². The molecule has 0 aliphatic rings. The quantitative estimate of drug-likeness (QED) is 0.669. The molecule has 3 rings (SSSR count). The van der Waals surface area contributed by atoms with Gasteiger partial charge in [-0.25, -0.2) is 9.48 Å². The number of para-hydroxylation sites is 1. The first-order valence-corrected chi connectivity index (χ1v) is 9.25. The number of amides is 2. The van der Waals surface area contributed by atoms with Crippen LogP contribution in [0.1, 0.15) is 37.0 Å². The number of aromatic nitrogens is 2. The van der Waals surface area contributed by atoms with E-state index in [0.29, 0.717) is 17.1 Å². The van der Waals surface area contributed by atoms with Gasteiger partial charge in [0.2, 0.25) is 0 Å². The topological polar surface area (TPSA) is 85.2 Å². The smallest absolute Gasteiger partial charge is 0.412 e. The van der Waals surface area contributed by atoms with Crippen molar-refractivity contribution in [3.63, 3.8) is 0 Å². The molecule has 0 unspecified atom stereocenters. The fourth-order valence-electron chi connectivity index (χ4n) is 2.67. The first kappa shape index (κ1) is 20.1. The van der Waals surface area contributed by atoms with E-state index < -0.39 is 11.7 Å². The fraction of sp³-hybridized carbons (Fsp3) is 0.227. The first-order chi connectivity index (χ1) is 13.7. The number of nitrogens with one attached hydrogen (secondary N) is 2. The van der Waals surface area contributed by atoms with Crippen molar-refractivity contribution in [2.75, 3.05) is 10.6 Å². The monoisotopic (exact) mass is 392 g/mol. The lowest BCUT2D eigenvalue weighted by Crippen LogP contribution is -2.27. The van der Waals surface area contributed by atoms with Gasteiger partial charge < -0.3 is 10.1 Å². The summed E-state index contributed by atoms with van der Waals surface area (Å²) < 4.78 is 6.94. The van der Waals surface area contributed by atoms with E-state index >= 15 is 0 Å². The lowest BCUT2D eigenvalue weighted by molar-refractivity contribution is 0.0635. The molecule has 1 aromatic heterocycles. The van der Waals surface area contributed by atoms with E-state index in [4.69, 9.17) is 4.74 Å². The number of benzene rings is 2. The Kier molecular flexibility index (Phi) is 5.68. The van der Waals surface area contributed by atoms with Crippen molar-refractivity contribution < 1.29 is 14.3 Å². The summed E-state index contributed by atoms with van der Waals surface area (Å²) in [5.41, 5.74) is 2.67. The van der Waals surface area contributed by atoms with Crippen LogP contribution in [0.2, 0.25) is 0 Å². The van der Waals surface area contributed by atoms with Crippen LogP contribution in [0.5, 0.6) is 0 Å². The Hall–Kier alpha value is -3.61. The highest BCUT2D eigenvalue weighted by atomic mass is 16.6. The second-order valence-electron chi connectivity index (χ2n) is 7.58. The minimum atomic E-state index is -0.570. The molecule has 2 N–H and O–H groups in total. The van der Waals surface area contributed by atoms with Crippen molar-refractivity contribution in [1.29, 1.82) is 0 Å². The van der Waals surface area contributed by atoms with E-state index in [-0.39, 0.29) is 5.91 Å². The molecule has 2 amide bonds. The summed E-state index contributed by atoms with van der Waals surface area (Å²) in [5, 5.41) is 9.86. The van der Waals surface area contributed by atoms with Crippen LogP contribution in [0, 0.1) is 6.92 Å². The van der Waals surface area contributed by atoms with E-state index in [1.54, 1.807) is 55.8 Å². The summed E-state index contributed by atoms with van der Waals surface area (Å²) in [6, 6.07) is 18.1. The number of carbonyl (C=O) groups is 2. The molecule has 150 valence electrons. The molecule has 0 aliphatic carbocycles. The number of carbonyl (C=O) groups excluding carboxylic acids is 2. The lowest BCUT2D eigenvalue weighted by Gasteiger charge is -2.19. The Morgan fingerprint density at radius 2 is 1.52 bits per heavy atom. The summed E-state index contributed by atoms with van der Waals surface area (Å²) in [4.78, 5) is 24.4. The zero-order valence-corrected chi connectivity index (χ0v) is 16.9. The van der Waals surface area contributed by atoms with Crippen LogP contribution in [0.15, 0.2) is 60.7 Å². The van der Waals surface area contributed by atoms with Crippen molar-refractivity contribution in [3.8, 4) is 5.69 Å². The molecule has 3 aromatic rings.